The largest absolute Gasteiger partial charge is 0.508 e. The van der Waals surface area contributed by atoms with E-state index in [2.05, 4.69) is 20.6 Å². The quantitative estimate of drug-likeness (QED) is 0.151. The molecular weight excluding hydrogens is 729 g/mol. The minimum atomic E-state index is -0.841. The molecule has 53 heavy (non-hydrogen) atoms. The Kier molecular flexibility index (Phi) is 10.2. The van der Waals surface area contributed by atoms with E-state index in [1.807, 2.05) is 24.3 Å². The van der Waals surface area contributed by atoms with Crippen LogP contribution in [-0.4, -0.2) is 34.0 Å². The molecule has 2 amide bonds. The van der Waals surface area contributed by atoms with E-state index in [4.69, 9.17) is 4.74 Å². The number of phenolic OH excluding ortho intramolecular Hbond substituents is 1. The van der Waals surface area contributed by atoms with Gasteiger partial charge in [0.15, 0.2) is 10.0 Å². The maximum absolute atomic E-state index is 13.8. The third-order valence-electron chi connectivity index (χ3n) is 8.80. The van der Waals surface area contributed by atoms with Crippen molar-refractivity contribution in [2.24, 2.45) is 0 Å². The number of nitrogens with one attached hydrogen (secondary N) is 2. The van der Waals surface area contributed by atoms with Gasteiger partial charge in [0.05, 0.1) is 28.3 Å². The number of carbonyl (C=O) groups excluding carboxylic acids is 2. The zero-order valence-electron chi connectivity index (χ0n) is 28.1. The van der Waals surface area contributed by atoms with Gasteiger partial charge >= 0.3 is 0 Å². The monoisotopic (exact) mass is 758 g/mol. The van der Waals surface area contributed by atoms with Gasteiger partial charge in [-0.15, -0.1) is 22.7 Å². The predicted octanol–water partition coefficient (Wildman–Crippen LogP) is 9.37. The highest BCUT2D eigenvalue weighted by molar-refractivity contribution is 7.17. The van der Waals surface area contributed by atoms with Gasteiger partial charge in [-0.1, -0.05) is 24.3 Å². The second kappa shape index (κ2) is 15.2. The van der Waals surface area contributed by atoms with Crippen LogP contribution in [-0.2, 0) is 25.7 Å². The number of halogens is 4. The second-order valence-corrected chi connectivity index (χ2v) is 14.3. The van der Waals surface area contributed by atoms with Gasteiger partial charge in [-0.05, 0) is 98.2 Å². The fourth-order valence-electron chi connectivity index (χ4n) is 6.22. The van der Waals surface area contributed by atoms with Crippen LogP contribution in [0.3, 0.4) is 0 Å². The van der Waals surface area contributed by atoms with E-state index < -0.39 is 46.5 Å². The van der Waals surface area contributed by atoms with Crippen LogP contribution < -0.4 is 15.4 Å². The molecule has 2 heterocycles. The first-order chi connectivity index (χ1) is 25.6. The summed E-state index contributed by atoms with van der Waals surface area (Å²) in [5.41, 5.74) is 4.74. The Morgan fingerprint density at radius 3 is 1.58 bits per heavy atom. The molecule has 0 unspecified atom stereocenters. The molecular formula is C39H30F4N4O4S2. The molecule has 0 saturated carbocycles. The zero-order valence-corrected chi connectivity index (χ0v) is 29.7. The van der Waals surface area contributed by atoms with Gasteiger partial charge in [-0.3, -0.25) is 9.59 Å². The molecule has 0 radical (unpaired) electrons. The summed E-state index contributed by atoms with van der Waals surface area (Å²) in [6.45, 7) is 0. The van der Waals surface area contributed by atoms with Crippen LogP contribution in [0.2, 0.25) is 0 Å². The Hall–Kier alpha value is -5.60. The third kappa shape index (κ3) is 7.50. The molecule has 0 fully saturated rings. The van der Waals surface area contributed by atoms with Crippen LogP contribution >= 0.6 is 22.7 Å². The molecule has 2 aromatic heterocycles. The number of nitrogens with zero attached hydrogens (tertiary/aromatic N) is 2. The van der Waals surface area contributed by atoms with Crippen LogP contribution in [0.15, 0.2) is 72.8 Å². The molecule has 0 bridgehead atoms. The van der Waals surface area contributed by atoms with Crippen molar-refractivity contribution < 1.29 is 37.0 Å². The number of hydrogen-bond acceptors (Lipinski definition) is 8. The van der Waals surface area contributed by atoms with E-state index in [-0.39, 0.29) is 15.8 Å². The van der Waals surface area contributed by atoms with E-state index in [0.29, 0.717) is 6.42 Å². The normalized spacial score (nSPS) is 12.8. The number of carbonyl (C=O) groups is 2. The minimum Gasteiger partial charge on any atom is -0.508 e. The van der Waals surface area contributed by atoms with Gasteiger partial charge in [-0.2, -0.15) is 0 Å². The molecule has 0 saturated heterocycles. The Bertz CT molecular complexity index is 2340. The number of hydrogen-bond donors (Lipinski definition) is 3. The molecule has 0 atom stereocenters. The van der Waals surface area contributed by atoms with E-state index in [9.17, 15) is 32.3 Å². The fourth-order valence-corrected chi connectivity index (χ4v) is 8.34. The number of methoxy groups -OCH3 is 1. The number of aromatic hydroxyl groups is 1. The number of rotatable bonds is 5. The first-order valence-electron chi connectivity index (χ1n) is 16.6. The molecule has 6 aromatic rings. The van der Waals surface area contributed by atoms with Gasteiger partial charge in [0.25, 0.3) is 11.8 Å². The average Bonchev–Trinajstić information content (AvgIpc) is 3.68. The molecule has 0 aliphatic heterocycles. The van der Waals surface area contributed by atoms with Gasteiger partial charge in [-0.25, -0.2) is 27.5 Å². The summed E-state index contributed by atoms with van der Waals surface area (Å²) in [6.07, 6.45) is 5.01. The maximum Gasteiger partial charge on any atom is 0.284 e. The number of phenols is 1. The molecule has 270 valence electrons. The molecule has 14 heteroatoms. The number of amides is 2. The van der Waals surface area contributed by atoms with Crippen LogP contribution in [0.5, 0.6) is 11.5 Å². The molecule has 0 spiro atoms. The van der Waals surface area contributed by atoms with Crippen LogP contribution in [0.25, 0.3) is 20.9 Å². The van der Waals surface area contributed by atoms with Crippen LogP contribution in [0.1, 0.15) is 55.0 Å². The lowest BCUT2D eigenvalue weighted by atomic mass is 10.0. The van der Waals surface area contributed by atoms with Crippen LogP contribution in [0, 0.1) is 23.3 Å². The number of aromatic nitrogens is 2. The fraction of sp³-hybridized carbons (Fsp3) is 0.179. The minimum absolute atomic E-state index is 0.133. The number of ether oxygens (including phenoxy) is 1. The van der Waals surface area contributed by atoms with Crippen molar-refractivity contribution in [1.29, 1.82) is 0 Å². The van der Waals surface area contributed by atoms with Crippen molar-refractivity contribution in [1.82, 2.24) is 9.97 Å². The van der Waals surface area contributed by atoms with Gasteiger partial charge < -0.3 is 20.5 Å². The Morgan fingerprint density at radius 1 is 0.660 bits per heavy atom. The lowest BCUT2D eigenvalue weighted by molar-refractivity contribution is 0.101. The summed E-state index contributed by atoms with van der Waals surface area (Å²) in [7, 11) is 1.60. The topological polar surface area (TPSA) is 113 Å². The van der Waals surface area contributed by atoms with Gasteiger partial charge in [0, 0.05) is 11.1 Å². The average molecular weight is 759 g/mol. The van der Waals surface area contributed by atoms with Crippen molar-refractivity contribution >= 4 is 45.9 Å². The smallest absolute Gasteiger partial charge is 0.284 e. The van der Waals surface area contributed by atoms with E-state index in [0.717, 1.165) is 111 Å². The SMILES string of the molecule is COc1ccc2c(c1)-c1sc(C(=O)Nc3c(F)cccc3F)nc1CCC2.O=C(Nc1c(F)cccc1F)c1nc2c(s1)-c1cc(O)ccc1CCC2. The Morgan fingerprint density at radius 2 is 1.11 bits per heavy atom. The zero-order chi connectivity index (χ0) is 37.2. The number of anilines is 2. The predicted molar refractivity (Wildman–Crippen MR) is 196 cm³/mol. The summed E-state index contributed by atoms with van der Waals surface area (Å²) in [5, 5.41) is 14.7. The van der Waals surface area contributed by atoms with Gasteiger partial charge in [0.1, 0.15) is 46.1 Å². The number of fused-ring (bicyclic) bond motifs is 6. The van der Waals surface area contributed by atoms with Crippen LogP contribution in [0.4, 0.5) is 28.9 Å². The first kappa shape index (κ1) is 35.8. The summed E-state index contributed by atoms with van der Waals surface area (Å²) in [4.78, 5) is 35.5. The lowest BCUT2D eigenvalue weighted by Crippen LogP contribution is -2.14. The highest BCUT2D eigenvalue weighted by Gasteiger charge is 2.25. The molecule has 2 aliphatic carbocycles. The van der Waals surface area contributed by atoms with E-state index in [1.54, 1.807) is 19.2 Å². The van der Waals surface area contributed by atoms with Crippen molar-refractivity contribution in [3.63, 3.8) is 0 Å². The van der Waals surface area contributed by atoms with E-state index >= 15 is 0 Å². The highest BCUT2D eigenvalue weighted by Crippen LogP contribution is 2.40. The van der Waals surface area contributed by atoms with E-state index in [1.165, 1.54) is 29.0 Å². The second-order valence-electron chi connectivity index (χ2n) is 12.3. The van der Waals surface area contributed by atoms with Crippen molar-refractivity contribution in [2.45, 2.75) is 38.5 Å². The molecule has 3 N–H and O–H groups in total. The highest BCUT2D eigenvalue weighted by atomic mass is 32.1. The third-order valence-corrected chi connectivity index (χ3v) is 11.1. The Labute approximate surface area is 309 Å². The standard InChI is InChI=1S/C20H16F2N2O2S.C19H14F2N2O2S/c1-26-12-9-8-11-4-2-7-16-18(13(11)10-12)27-20(23-16)19(25)24-17-14(21)5-3-6-15(17)22;20-13-4-2-5-14(21)16(13)23-18(25)19-22-15-6-1-3-10-7-8-11(24)9-12(10)17(15)26-19/h3,5-6,8-10H,2,4,7H2,1H3,(H,24,25);2,4-5,7-9,24H,1,3,6H2,(H,23,25). The first-order valence-corrected chi connectivity index (χ1v) is 18.2. The number of aryl methyl sites for hydroxylation is 4. The van der Waals surface area contributed by atoms with Gasteiger partial charge in [0.2, 0.25) is 0 Å². The summed E-state index contributed by atoms with van der Waals surface area (Å²) in [6, 6.07) is 17.9. The summed E-state index contributed by atoms with van der Waals surface area (Å²) >= 11 is 2.39. The molecule has 2 aliphatic rings. The Balaban J connectivity index is 0.000000164. The molecule has 4 aromatic carbocycles. The maximum atomic E-state index is 13.8. The number of para-hydroxylation sites is 2. The van der Waals surface area contributed by atoms with Crippen molar-refractivity contribution in [3.8, 4) is 32.4 Å². The molecule has 8 nitrogen and oxygen atoms in total. The van der Waals surface area contributed by atoms with Crippen molar-refractivity contribution in [3.05, 3.63) is 129 Å². The van der Waals surface area contributed by atoms with Crippen molar-refractivity contribution in [2.75, 3.05) is 17.7 Å². The number of benzene rings is 4. The number of thiazole rings is 2. The molecule has 8 rings (SSSR count). The summed E-state index contributed by atoms with van der Waals surface area (Å²) < 4.78 is 60.4. The lowest BCUT2D eigenvalue weighted by Gasteiger charge is -2.08. The summed E-state index contributed by atoms with van der Waals surface area (Å²) in [5.74, 6) is -3.74.